The Morgan fingerprint density at radius 2 is 1.89 bits per heavy atom. The summed E-state index contributed by atoms with van der Waals surface area (Å²) in [6, 6.07) is 4.42. The molecule has 1 saturated carbocycles. The van der Waals surface area contributed by atoms with Crippen LogP contribution in [-0.2, 0) is 23.4 Å². The van der Waals surface area contributed by atoms with Gasteiger partial charge >= 0.3 is 0 Å². The third-order valence-electron chi connectivity index (χ3n) is 4.56. The molecule has 1 heterocycles. The smallest absolute Gasteiger partial charge is 0.123 e. The van der Waals surface area contributed by atoms with E-state index in [1.54, 1.807) is 7.11 Å². The van der Waals surface area contributed by atoms with Crippen molar-refractivity contribution in [1.29, 1.82) is 0 Å². The SMILES string of the molecule is COc1cc2c(cc1C1(CN)CCCC1)COC2. The highest BCUT2D eigenvalue weighted by Crippen LogP contribution is 2.45. The molecule has 2 N–H and O–H groups in total. The van der Waals surface area contributed by atoms with Crippen molar-refractivity contribution in [2.45, 2.75) is 44.3 Å². The standard InChI is InChI=1S/C15H21NO2/c1-17-14-7-12-9-18-8-11(12)6-13(14)15(10-16)4-2-3-5-15/h6-7H,2-5,8-10,16H2,1H3. The molecular weight excluding hydrogens is 226 g/mol. The van der Waals surface area contributed by atoms with Gasteiger partial charge in [0.15, 0.2) is 0 Å². The molecule has 98 valence electrons. The van der Waals surface area contributed by atoms with Crippen LogP contribution in [0.1, 0.15) is 42.4 Å². The molecule has 2 aliphatic rings. The minimum atomic E-state index is 0.128. The van der Waals surface area contributed by atoms with Gasteiger partial charge < -0.3 is 15.2 Å². The second-order valence-corrected chi connectivity index (χ2v) is 5.51. The average molecular weight is 247 g/mol. The van der Waals surface area contributed by atoms with Crippen molar-refractivity contribution >= 4 is 0 Å². The van der Waals surface area contributed by atoms with Crippen molar-refractivity contribution in [3.8, 4) is 5.75 Å². The van der Waals surface area contributed by atoms with E-state index in [0.717, 1.165) is 12.4 Å². The van der Waals surface area contributed by atoms with Gasteiger partial charge in [0.2, 0.25) is 0 Å². The topological polar surface area (TPSA) is 44.5 Å². The molecule has 0 atom stereocenters. The van der Waals surface area contributed by atoms with Crippen molar-refractivity contribution < 1.29 is 9.47 Å². The summed E-state index contributed by atoms with van der Waals surface area (Å²) < 4.78 is 11.1. The predicted molar refractivity (Wildman–Crippen MR) is 70.7 cm³/mol. The lowest BCUT2D eigenvalue weighted by molar-refractivity contribution is 0.134. The van der Waals surface area contributed by atoms with Crippen molar-refractivity contribution in [3.63, 3.8) is 0 Å². The highest BCUT2D eigenvalue weighted by atomic mass is 16.5. The van der Waals surface area contributed by atoms with E-state index in [1.807, 2.05) is 0 Å². The van der Waals surface area contributed by atoms with E-state index in [0.29, 0.717) is 13.2 Å². The quantitative estimate of drug-likeness (QED) is 0.892. The Hall–Kier alpha value is -1.06. The van der Waals surface area contributed by atoms with Gasteiger partial charge in [-0.15, -0.1) is 0 Å². The van der Waals surface area contributed by atoms with Crippen LogP contribution in [0.4, 0.5) is 0 Å². The Morgan fingerprint density at radius 1 is 1.22 bits per heavy atom. The van der Waals surface area contributed by atoms with Crippen LogP contribution < -0.4 is 10.5 Å². The molecular formula is C15H21NO2. The van der Waals surface area contributed by atoms with E-state index in [4.69, 9.17) is 15.2 Å². The van der Waals surface area contributed by atoms with Crippen molar-refractivity contribution in [1.82, 2.24) is 0 Å². The number of fused-ring (bicyclic) bond motifs is 1. The fraction of sp³-hybridized carbons (Fsp3) is 0.600. The maximum Gasteiger partial charge on any atom is 0.123 e. The van der Waals surface area contributed by atoms with Crippen molar-refractivity contribution in [3.05, 3.63) is 28.8 Å². The van der Waals surface area contributed by atoms with Crippen molar-refractivity contribution in [2.24, 2.45) is 5.73 Å². The third kappa shape index (κ3) is 1.73. The molecule has 3 rings (SSSR count). The molecule has 0 unspecified atom stereocenters. The van der Waals surface area contributed by atoms with Gasteiger partial charge in [0.05, 0.1) is 20.3 Å². The first-order valence-electron chi connectivity index (χ1n) is 6.77. The summed E-state index contributed by atoms with van der Waals surface area (Å²) in [5.74, 6) is 0.992. The molecule has 3 nitrogen and oxygen atoms in total. The molecule has 1 aromatic rings. The van der Waals surface area contributed by atoms with Gasteiger partial charge in [0, 0.05) is 17.5 Å². The fourth-order valence-electron chi connectivity index (χ4n) is 3.42. The molecule has 0 radical (unpaired) electrons. The summed E-state index contributed by atoms with van der Waals surface area (Å²) >= 11 is 0. The van der Waals surface area contributed by atoms with E-state index in [-0.39, 0.29) is 5.41 Å². The molecule has 1 fully saturated rings. The number of ether oxygens (including phenoxy) is 2. The van der Waals surface area contributed by atoms with Crippen LogP contribution in [0.3, 0.4) is 0 Å². The van der Waals surface area contributed by atoms with Gasteiger partial charge in [-0.3, -0.25) is 0 Å². The van der Waals surface area contributed by atoms with Crippen molar-refractivity contribution in [2.75, 3.05) is 13.7 Å². The second kappa shape index (κ2) is 4.56. The summed E-state index contributed by atoms with van der Waals surface area (Å²) in [5.41, 5.74) is 10.1. The Labute approximate surface area is 108 Å². The number of hydrogen-bond acceptors (Lipinski definition) is 3. The van der Waals surface area contributed by atoms with E-state index in [9.17, 15) is 0 Å². The molecule has 1 aromatic carbocycles. The Bertz CT molecular complexity index is 450. The maximum atomic E-state index is 6.08. The van der Waals surface area contributed by atoms with Gasteiger partial charge in [-0.1, -0.05) is 12.8 Å². The zero-order valence-electron chi connectivity index (χ0n) is 11.0. The predicted octanol–water partition coefficient (Wildman–Crippen LogP) is 2.50. The molecule has 0 aromatic heterocycles. The molecule has 0 bridgehead atoms. The van der Waals surface area contributed by atoms with E-state index < -0.39 is 0 Å². The largest absolute Gasteiger partial charge is 0.496 e. The highest BCUT2D eigenvalue weighted by molar-refractivity contribution is 5.48. The van der Waals surface area contributed by atoms with Crippen LogP contribution in [0.5, 0.6) is 5.75 Å². The molecule has 1 aliphatic carbocycles. The second-order valence-electron chi connectivity index (χ2n) is 5.51. The van der Waals surface area contributed by atoms with Gasteiger partial charge in [-0.25, -0.2) is 0 Å². The summed E-state index contributed by atoms with van der Waals surface area (Å²) in [7, 11) is 1.75. The first-order chi connectivity index (χ1) is 8.79. The van der Waals surface area contributed by atoms with Crippen LogP contribution in [-0.4, -0.2) is 13.7 Å². The summed E-state index contributed by atoms with van der Waals surface area (Å²) in [5, 5.41) is 0. The average Bonchev–Trinajstić information content (AvgIpc) is 3.06. The Morgan fingerprint density at radius 3 is 2.50 bits per heavy atom. The van der Waals surface area contributed by atoms with Crippen LogP contribution in [0.25, 0.3) is 0 Å². The molecule has 0 amide bonds. The van der Waals surface area contributed by atoms with Gasteiger partial charge in [-0.2, -0.15) is 0 Å². The normalized spacial score (nSPS) is 21.0. The van der Waals surface area contributed by atoms with E-state index in [2.05, 4.69) is 12.1 Å². The van der Waals surface area contributed by atoms with Gasteiger partial charge in [0.1, 0.15) is 5.75 Å². The summed E-state index contributed by atoms with van der Waals surface area (Å²) in [4.78, 5) is 0. The maximum absolute atomic E-state index is 6.08. The number of methoxy groups -OCH3 is 1. The van der Waals surface area contributed by atoms with E-state index >= 15 is 0 Å². The minimum Gasteiger partial charge on any atom is -0.496 e. The van der Waals surface area contributed by atoms with Crippen LogP contribution in [0.15, 0.2) is 12.1 Å². The molecule has 3 heteroatoms. The summed E-state index contributed by atoms with van der Waals surface area (Å²) in [6.45, 7) is 2.15. The summed E-state index contributed by atoms with van der Waals surface area (Å²) in [6.07, 6.45) is 4.90. The van der Waals surface area contributed by atoms with Gasteiger partial charge in [-0.05, 0) is 36.1 Å². The monoisotopic (exact) mass is 247 g/mol. The Kier molecular flexibility index (Phi) is 3.04. The number of hydrogen-bond donors (Lipinski definition) is 1. The van der Waals surface area contributed by atoms with E-state index in [1.165, 1.54) is 42.4 Å². The highest BCUT2D eigenvalue weighted by Gasteiger charge is 2.37. The minimum absolute atomic E-state index is 0.128. The number of nitrogens with two attached hydrogens (primary N) is 1. The third-order valence-corrected chi connectivity index (χ3v) is 4.56. The molecule has 18 heavy (non-hydrogen) atoms. The van der Waals surface area contributed by atoms with Crippen LogP contribution >= 0.6 is 0 Å². The zero-order chi connectivity index (χ0) is 12.6. The molecule has 1 aliphatic heterocycles. The zero-order valence-corrected chi connectivity index (χ0v) is 11.0. The van der Waals surface area contributed by atoms with Gasteiger partial charge in [0.25, 0.3) is 0 Å². The van der Waals surface area contributed by atoms with Crippen LogP contribution in [0, 0.1) is 0 Å². The number of rotatable bonds is 3. The Balaban J connectivity index is 2.09. The lowest BCUT2D eigenvalue weighted by atomic mass is 9.77. The molecule has 0 spiro atoms. The first kappa shape index (κ1) is 12.0. The fourth-order valence-corrected chi connectivity index (χ4v) is 3.42. The van der Waals surface area contributed by atoms with Crippen LogP contribution in [0.2, 0.25) is 0 Å². The lowest BCUT2D eigenvalue weighted by Gasteiger charge is -2.30. The molecule has 0 saturated heterocycles. The first-order valence-corrected chi connectivity index (χ1v) is 6.77. The lowest BCUT2D eigenvalue weighted by Crippen LogP contribution is -2.32. The number of benzene rings is 1.